The summed E-state index contributed by atoms with van der Waals surface area (Å²) < 4.78 is 9.38. The lowest BCUT2D eigenvalue weighted by molar-refractivity contribution is -0.388. The van der Waals surface area contributed by atoms with Gasteiger partial charge in [-0.15, -0.1) is 0 Å². The predicted octanol–water partition coefficient (Wildman–Crippen LogP) is 3.50. The maximum absolute atomic E-state index is 12.6. The van der Waals surface area contributed by atoms with Crippen LogP contribution in [0.1, 0.15) is 11.1 Å². The number of methoxy groups -OCH3 is 2. The van der Waals surface area contributed by atoms with Gasteiger partial charge < -0.3 is 29.1 Å². The maximum atomic E-state index is 12.6. The number of carbonyl (C=O) groups is 4. The summed E-state index contributed by atoms with van der Waals surface area (Å²) in [5, 5.41) is 23.9. The molecule has 2 aromatic carbocycles. The summed E-state index contributed by atoms with van der Waals surface area (Å²) in [6, 6.07) is 8.60. The van der Waals surface area contributed by atoms with Crippen molar-refractivity contribution < 1.29 is 38.5 Å². The number of hydrogen-bond acceptors (Lipinski definition) is 11. The molecular weight excluding hydrogens is 636 g/mol. The van der Waals surface area contributed by atoms with Crippen LogP contribution in [-0.4, -0.2) is 120 Å². The number of nitro groups is 2. The summed E-state index contributed by atoms with van der Waals surface area (Å²) in [5.74, 6) is -0.633. The molecule has 17 heteroatoms. The number of nitro benzene ring substituents is 2. The third-order valence-electron chi connectivity index (χ3n) is 7.46. The average molecular weight is 669 g/mol. The third kappa shape index (κ3) is 8.84. The first kappa shape index (κ1) is 34.4. The highest BCUT2D eigenvalue weighted by Gasteiger charge is 2.25. The summed E-state index contributed by atoms with van der Waals surface area (Å²) in [4.78, 5) is 77.6. The number of rotatable bonds is 8. The van der Waals surface area contributed by atoms with Gasteiger partial charge in [-0.25, -0.2) is 9.59 Å². The lowest BCUT2D eigenvalue weighted by Gasteiger charge is -2.33. The van der Waals surface area contributed by atoms with Crippen molar-refractivity contribution in [1.82, 2.24) is 19.6 Å². The van der Waals surface area contributed by atoms with Crippen LogP contribution in [0.2, 0.25) is 0 Å². The second-order valence-electron chi connectivity index (χ2n) is 10.3. The molecule has 2 aliphatic rings. The quantitative estimate of drug-likeness (QED) is 0.228. The van der Waals surface area contributed by atoms with E-state index >= 15 is 0 Å². The molecule has 4 rings (SSSR count). The van der Waals surface area contributed by atoms with Crippen molar-refractivity contribution >= 4 is 59.3 Å². The van der Waals surface area contributed by atoms with Crippen LogP contribution in [0.3, 0.4) is 0 Å². The zero-order valence-electron chi connectivity index (χ0n) is 25.6. The van der Waals surface area contributed by atoms with Gasteiger partial charge in [-0.05, 0) is 35.4 Å². The predicted molar refractivity (Wildman–Crippen MR) is 169 cm³/mol. The SMILES string of the molecule is COC(=O)N1CCN(C(=O)/C=C/c2ccc(Sc3ccc(/C=C/C(=O)N4CCN(C(=O)OC)CC4)cc3[N+](=O)[O-])c([N+](=O)[O-])c2)CC1. The van der Waals surface area contributed by atoms with Crippen LogP contribution in [0.5, 0.6) is 0 Å². The van der Waals surface area contributed by atoms with Gasteiger partial charge in [-0.1, -0.05) is 23.9 Å². The summed E-state index contributed by atoms with van der Waals surface area (Å²) in [6.45, 7) is 2.54. The van der Waals surface area contributed by atoms with Crippen molar-refractivity contribution in [3.05, 3.63) is 79.9 Å². The van der Waals surface area contributed by atoms with Crippen LogP contribution in [0.4, 0.5) is 21.0 Å². The Labute approximate surface area is 273 Å². The molecule has 0 atom stereocenters. The van der Waals surface area contributed by atoms with E-state index in [1.165, 1.54) is 72.6 Å². The smallest absolute Gasteiger partial charge is 0.409 e. The van der Waals surface area contributed by atoms with Crippen LogP contribution >= 0.6 is 11.8 Å². The Kier molecular flexibility index (Phi) is 11.5. The normalized spacial score (nSPS) is 15.2. The van der Waals surface area contributed by atoms with E-state index in [9.17, 15) is 39.4 Å². The van der Waals surface area contributed by atoms with Crippen LogP contribution in [0, 0.1) is 20.2 Å². The molecule has 0 unspecified atom stereocenters. The number of carbonyl (C=O) groups excluding carboxylic acids is 4. The van der Waals surface area contributed by atoms with E-state index < -0.39 is 22.0 Å². The highest BCUT2D eigenvalue weighted by molar-refractivity contribution is 7.99. The fraction of sp³-hybridized carbons (Fsp3) is 0.333. The Morgan fingerprint density at radius 1 is 0.638 bits per heavy atom. The fourth-order valence-corrected chi connectivity index (χ4v) is 5.86. The Bertz CT molecular complexity index is 1500. The zero-order valence-corrected chi connectivity index (χ0v) is 26.4. The van der Waals surface area contributed by atoms with Crippen LogP contribution in [0.25, 0.3) is 12.2 Å². The topological polar surface area (TPSA) is 186 Å². The molecule has 0 spiro atoms. The standard InChI is InChI=1S/C30H32N6O10S/c1-45-29(39)33-15-11-31(12-16-33)27(37)9-5-21-3-7-25(23(19-21)35(41)42)47-26-8-4-22(20-24(26)36(43)44)6-10-28(38)32-13-17-34(18-14-32)30(40)46-2/h3-10,19-20H,11-18H2,1-2H3/b9-5+,10-6+. The summed E-state index contributed by atoms with van der Waals surface area (Å²) >= 11 is 0.851. The molecule has 0 aliphatic carbocycles. The van der Waals surface area contributed by atoms with Gasteiger partial charge in [0.25, 0.3) is 11.4 Å². The monoisotopic (exact) mass is 668 g/mol. The molecule has 0 N–H and O–H groups in total. The first-order chi connectivity index (χ1) is 22.5. The number of piperazine rings is 2. The molecule has 2 heterocycles. The number of ether oxygens (including phenoxy) is 2. The second kappa shape index (κ2) is 15.7. The van der Waals surface area contributed by atoms with Gasteiger partial charge in [-0.3, -0.25) is 29.8 Å². The lowest BCUT2D eigenvalue weighted by Crippen LogP contribution is -2.50. The molecule has 0 radical (unpaired) electrons. The first-order valence-corrected chi connectivity index (χ1v) is 15.2. The zero-order chi connectivity index (χ0) is 34.1. The van der Waals surface area contributed by atoms with Gasteiger partial charge in [0, 0.05) is 76.6 Å². The third-order valence-corrected chi connectivity index (χ3v) is 8.59. The minimum absolute atomic E-state index is 0.157. The van der Waals surface area contributed by atoms with E-state index in [4.69, 9.17) is 9.47 Å². The van der Waals surface area contributed by atoms with Crippen LogP contribution < -0.4 is 0 Å². The highest BCUT2D eigenvalue weighted by atomic mass is 32.2. The van der Waals surface area contributed by atoms with Crippen molar-refractivity contribution in [2.24, 2.45) is 0 Å². The number of hydrogen-bond donors (Lipinski definition) is 0. The van der Waals surface area contributed by atoms with Crippen molar-refractivity contribution in [2.45, 2.75) is 9.79 Å². The van der Waals surface area contributed by atoms with Crippen LogP contribution in [0.15, 0.2) is 58.3 Å². The summed E-state index contributed by atoms with van der Waals surface area (Å²) in [5.41, 5.74) is 0.169. The van der Waals surface area contributed by atoms with Gasteiger partial charge in [-0.2, -0.15) is 0 Å². The molecule has 2 fully saturated rings. The number of amides is 4. The van der Waals surface area contributed by atoms with Gasteiger partial charge in [0.2, 0.25) is 11.8 Å². The van der Waals surface area contributed by atoms with Gasteiger partial charge in [0.15, 0.2) is 0 Å². The van der Waals surface area contributed by atoms with E-state index in [0.717, 1.165) is 11.8 Å². The summed E-state index contributed by atoms with van der Waals surface area (Å²) in [7, 11) is 2.57. The lowest BCUT2D eigenvalue weighted by atomic mass is 10.2. The maximum Gasteiger partial charge on any atom is 0.409 e. The Balaban J connectivity index is 1.43. The Hall–Kier alpha value is -5.45. The van der Waals surface area contributed by atoms with Gasteiger partial charge >= 0.3 is 12.2 Å². The van der Waals surface area contributed by atoms with E-state index in [1.54, 1.807) is 21.9 Å². The molecule has 248 valence electrons. The highest BCUT2D eigenvalue weighted by Crippen LogP contribution is 2.40. The second-order valence-corrected chi connectivity index (χ2v) is 11.4. The molecular formula is C30H32N6O10S. The molecule has 2 saturated heterocycles. The molecule has 4 amide bonds. The molecule has 0 bridgehead atoms. The molecule has 0 aromatic heterocycles. The number of nitrogens with zero attached hydrogens (tertiary/aromatic N) is 6. The fourth-order valence-electron chi connectivity index (χ4n) is 4.88. The molecule has 2 aromatic rings. The number of benzene rings is 2. The largest absolute Gasteiger partial charge is 0.453 e. The van der Waals surface area contributed by atoms with Crippen molar-refractivity contribution in [2.75, 3.05) is 66.6 Å². The van der Waals surface area contributed by atoms with Crippen molar-refractivity contribution in [3.8, 4) is 0 Å². The average Bonchev–Trinajstić information content (AvgIpc) is 3.09. The van der Waals surface area contributed by atoms with Gasteiger partial charge in [0.1, 0.15) is 0 Å². The van der Waals surface area contributed by atoms with Gasteiger partial charge in [0.05, 0.1) is 33.9 Å². The van der Waals surface area contributed by atoms with E-state index in [0.29, 0.717) is 63.5 Å². The van der Waals surface area contributed by atoms with E-state index in [-0.39, 0.29) is 33.0 Å². The Morgan fingerprint density at radius 3 is 1.30 bits per heavy atom. The van der Waals surface area contributed by atoms with Crippen molar-refractivity contribution in [3.63, 3.8) is 0 Å². The van der Waals surface area contributed by atoms with Crippen molar-refractivity contribution in [1.29, 1.82) is 0 Å². The molecule has 47 heavy (non-hydrogen) atoms. The molecule has 0 saturated carbocycles. The van der Waals surface area contributed by atoms with E-state index in [1.807, 2.05) is 0 Å². The first-order valence-electron chi connectivity index (χ1n) is 14.3. The molecule has 2 aliphatic heterocycles. The molecule has 16 nitrogen and oxygen atoms in total. The van der Waals surface area contributed by atoms with Crippen LogP contribution in [-0.2, 0) is 19.1 Å². The Morgan fingerprint density at radius 2 is 0.979 bits per heavy atom. The minimum Gasteiger partial charge on any atom is -0.453 e. The minimum atomic E-state index is -0.604. The van der Waals surface area contributed by atoms with E-state index in [2.05, 4.69) is 0 Å². The summed E-state index contributed by atoms with van der Waals surface area (Å²) in [6.07, 6.45) is 4.55.